The number of carboxylic acids is 1. The number of aromatic nitrogens is 1. The number of nitrogens with one attached hydrogen (secondary N) is 1. The van der Waals surface area contributed by atoms with Crippen molar-refractivity contribution in [2.45, 2.75) is 64.3 Å². The molecule has 5 rings (SSSR count). The first-order chi connectivity index (χ1) is 18.3. The minimum Gasteiger partial charge on any atom is -0.760 e. The molecule has 0 aliphatic heterocycles. The van der Waals surface area contributed by atoms with E-state index in [0.29, 0.717) is 48.1 Å². The smallest absolute Gasteiger partial charge is 0.309 e. The highest BCUT2D eigenvalue weighted by Crippen LogP contribution is 2.50. The van der Waals surface area contributed by atoms with Crippen molar-refractivity contribution in [2.24, 2.45) is 5.41 Å². The number of carbonyl (C=O) groups excluding carboxylic acids is 1. The van der Waals surface area contributed by atoms with E-state index in [1.807, 2.05) is 30.3 Å². The lowest BCUT2D eigenvalue weighted by Crippen LogP contribution is -2.28. The molecule has 2 heterocycles. The number of hydrogen-bond donors (Lipinski definition) is 2. The van der Waals surface area contributed by atoms with Crippen molar-refractivity contribution in [1.82, 2.24) is 14.6 Å². The van der Waals surface area contributed by atoms with Gasteiger partial charge in [0.25, 0.3) is 5.91 Å². The highest BCUT2D eigenvalue weighted by molar-refractivity contribution is 7.76. The fourth-order valence-corrected chi connectivity index (χ4v) is 5.59. The van der Waals surface area contributed by atoms with Gasteiger partial charge in [0.2, 0.25) is 5.71 Å². The van der Waals surface area contributed by atoms with Crippen LogP contribution < -0.4 is 5.32 Å². The standard InChI is InChI=1S/C28H33N3O6S/c1-3-17-5-7-19(8-6-17)24-23(25(32)29-2)21-15-20(18-9-10-18)22(30-26(21)37-24)16-31(38(35)36)14-4-11-28(12-13-28)27(33)34/h5-8,15,18H,3-4,9-14,16H2,1-2H3,(H,29,32)(H,33,34)(H,35,36)/p-1. The zero-order valence-corrected chi connectivity index (χ0v) is 22.4. The van der Waals surface area contributed by atoms with E-state index in [2.05, 4.69) is 12.2 Å². The van der Waals surface area contributed by atoms with Crippen LogP contribution in [0.1, 0.15) is 78.5 Å². The van der Waals surface area contributed by atoms with E-state index in [9.17, 15) is 23.5 Å². The molecule has 0 spiro atoms. The van der Waals surface area contributed by atoms with Gasteiger partial charge in [0, 0.05) is 30.4 Å². The highest BCUT2D eigenvalue weighted by atomic mass is 32.2. The van der Waals surface area contributed by atoms with Crippen LogP contribution >= 0.6 is 0 Å². The topological polar surface area (TPSA) is 136 Å². The Hall–Kier alpha value is -3.08. The van der Waals surface area contributed by atoms with Gasteiger partial charge in [0.15, 0.2) is 0 Å². The molecule has 2 aromatic heterocycles. The molecule has 0 saturated heterocycles. The minimum atomic E-state index is -2.50. The van der Waals surface area contributed by atoms with E-state index < -0.39 is 22.7 Å². The first-order valence-electron chi connectivity index (χ1n) is 13.1. The van der Waals surface area contributed by atoms with Crippen molar-refractivity contribution in [2.75, 3.05) is 13.6 Å². The van der Waals surface area contributed by atoms with Gasteiger partial charge in [-0.15, -0.1) is 0 Å². The second-order valence-corrected chi connectivity index (χ2v) is 11.3. The Labute approximate surface area is 224 Å². The summed E-state index contributed by atoms with van der Waals surface area (Å²) in [7, 11) is 1.58. The maximum absolute atomic E-state index is 13.0. The summed E-state index contributed by atoms with van der Waals surface area (Å²) >= 11 is -2.50. The van der Waals surface area contributed by atoms with E-state index >= 15 is 0 Å². The van der Waals surface area contributed by atoms with Gasteiger partial charge in [0.1, 0.15) is 5.76 Å². The fourth-order valence-electron chi connectivity index (χ4n) is 5.08. The number of aliphatic carboxylic acids is 1. The van der Waals surface area contributed by atoms with Crippen molar-refractivity contribution in [1.29, 1.82) is 0 Å². The minimum absolute atomic E-state index is 0.0640. The van der Waals surface area contributed by atoms with Crippen molar-refractivity contribution in [3.63, 3.8) is 0 Å². The number of pyridine rings is 1. The Balaban J connectivity index is 1.49. The van der Waals surface area contributed by atoms with Gasteiger partial charge in [-0.05, 0) is 68.1 Å². The summed E-state index contributed by atoms with van der Waals surface area (Å²) in [4.78, 5) is 29.2. The number of furan rings is 1. The van der Waals surface area contributed by atoms with E-state index in [-0.39, 0.29) is 30.6 Å². The normalized spacial score (nSPS) is 17.1. The summed E-state index contributed by atoms with van der Waals surface area (Å²) in [5.41, 5.74) is 3.48. The average molecular weight is 539 g/mol. The molecular formula is C28H32N3O6S-. The van der Waals surface area contributed by atoms with Crippen LogP contribution in [0.5, 0.6) is 0 Å². The molecule has 0 radical (unpaired) electrons. The maximum atomic E-state index is 13.0. The Morgan fingerprint density at radius 1 is 1.26 bits per heavy atom. The van der Waals surface area contributed by atoms with Crippen LogP contribution in [0.4, 0.5) is 0 Å². The molecule has 9 nitrogen and oxygen atoms in total. The molecule has 1 atom stereocenters. The van der Waals surface area contributed by atoms with Crippen LogP contribution in [-0.4, -0.2) is 48.6 Å². The molecule has 0 bridgehead atoms. The quantitative estimate of drug-likeness (QED) is 0.323. The van der Waals surface area contributed by atoms with Crippen LogP contribution in [0.3, 0.4) is 0 Å². The summed E-state index contributed by atoms with van der Waals surface area (Å²) in [6, 6.07) is 9.79. The molecule has 2 N–H and O–H groups in total. The molecule has 1 amide bonds. The number of carboxylic acid groups (broad SMARTS) is 1. The Bertz CT molecular complexity index is 1390. The molecule has 2 saturated carbocycles. The summed E-state index contributed by atoms with van der Waals surface area (Å²) < 4.78 is 31.7. The number of rotatable bonds is 12. The van der Waals surface area contributed by atoms with Gasteiger partial charge in [-0.1, -0.05) is 31.2 Å². The van der Waals surface area contributed by atoms with Crippen LogP contribution in [0, 0.1) is 5.41 Å². The predicted molar refractivity (Wildman–Crippen MR) is 142 cm³/mol. The summed E-state index contributed by atoms with van der Waals surface area (Å²) in [6.45, 7) is 2.35. The molecular weight excluding hydrogens is 506 g/mol. The van der Waals surface area contributed by atoms with Crippen LogP contribution in [0.25, 0.3) is 22.4 Å². The number of nitrogens with zero attached hydrogens (tertiary/aromatic N) is 2. The number of amides is 1. The van der Waals surface area contributed by atoms with Gasteiger partial charge in [-0.25, -0.2) is 9.29 Å². The zero-order chi connectivity index (χ0) is 27.0. The highest BCUT2D eigenvalue weighted by Gasteiger charge is 2.49. The number of aryl methyl sites for hydroxylation is 1. The second kappa shape index (κ2) is 10.6. The third-order valence-electron chi connectivity index (χ3n) is 7.80. The molecule has 3 aromatic rings. The van der Waals surface area contributed by atoms with Crippen molar-refractivity contribution in [3.05, 3.63) is 52.7 Å². The van der Waals surface area contributed by atoms with E-state index in [1.54, 1.807) is 7.05 Å². The lowest BCUT2D eigenvalue weighted by atomic mass is 10.0. The SMILES string of the molecule is CCc1ccc(-c2oc3nc(CN(CCCC4(C(=O)O)CC4)S(=O)[O-])c(C4CC4)cc3c2C(=O)NC)cc1. The largest absolute Gasteiger partial charge is 0.760 e. The molecule has 1 unspecified atom stereocenters. The number of carbonyl (C=O) groups is 2. The second-order valence-electron chi connectivity index (χ2n) is 10.4. The summed E-state index contributed by atoms with van der Waals surface area (Å²) in [6.07, 6.45) is 5.03. The van der Waals surface area contributed by atoms with Crippen LogP contribution in [0.15, 0.2) is 34.7 Å². The number of hydrogen-bond acceptors (Lipinski definition) is 6. The average Bonchev–Trinajstić information content (AvgIpc) is 3.84. The van der Waals surface area contributed by atoms with Gasteiger partial charge in [0.05, 0.1) is 28.6 Å². The van der Waals surface area contributed by atoms with Crippen molar-refractivity contribution in [3.8, 4) is 11.3 Å². The monoisotopic (exact) mass is 538 g/mol. The maximum Gasteiger partial charge on any atom is 0.309 e. The molecule has 2 aliphatic rings. The van der Waals surface area contributed by atoms with E-state index in [1.165, 1.54) is 9.87 Å². The Kier molecular flexibility index (Phi) is 7.39. The Morgan fingerprint density at radius 3 is 2.53 bits per heavy atom. The lowest BCUT2D eigenvalue weighted by molar-refractivity contribution is -0.143. The van der Waals surface area contributed by atoms with Gasteiger partial charge in [-0.2, -0.15) is 0 Å². The van der Waals surface area contributed by atoms with Crippen LogP contribution in [-0.2, 0) is 29.0 Å². The van der Waals surface area contributed by atoms with Crippen LogP contribution in [0.2, 0.25) is 0 Å². The molecule has 2 aliphatic carbocycles. The van der Waals surface area contributed by atoms with Gasteiger partial charge >= 0.3 is 5.97 Å². The fraction of sp³-hybridized carbons (Fsp3) is 0.464. The zero-order valence-electron chi connectivity index (χ0n) is 21.6. The molecule has 1 aromatic carbocycles. The Morgan fingerprint density at radius 2 is 1.97 bits per heavy atom. The first-order valence-corrected chi connectivity index (χ1v) is 14.1. The molecule has 38 heavy (non-hydrogen) atoms. The summed E-state index contributed by atoms with van der Waals surface area (Å²) in [5.74, 6) is -0.393. The molecule has 10 heteroatoms. The first kappa shape index (κ1) is 26.5. The van der Waals surface area contributed by atoms with Gasteiger partial charge in [-0.3, -0.25) is 13.8 Å². The third kappa shape index (κ3) is 5.25. The van der Waals surface area contributed by atoms with Crippen molar-refractivity contribution >= 4 is 34.2 Å². The number of benzene rings is 1. The lowest BCUT2D eigenvalue weighted by Gasteiger charge is -2.25. The van der Waals surface area contributed by atoms with Gasteiger partial charge < -0.3 is 19.4 Å². The predicted octanol–water partition coefficient (Wildman–Crippen LogP) is 4.54. The summed E-state index contributed by atoms with van der Waals surface area (Å²) in [5, 5.41) is 12.7. The van der Waals surface area contributed by atoms with E-state index in [0.717, 1.165) is 30.4 Å². The molecule has 202 valence electrons. The molecule has 2 fully saturated rings. The van der Waals surface area contributed by atoms with Crippen molar-refractivity contribution < 1.29 is 27.9 Å². The van der Waals surface area contributed by atoms with E-state index in [4.69, 9.17) is 9.40 Å². The number of fused-ring (bicyclic) bond motifs is 1. The third-order valence-corrected chi connectivity index (χ3v) is 8.53.